The van der Waals surface area contributed by atoms with Crippen molar-refractivity contribution in [3.63, 3.8) is 0 Å². The van der Waals surface area contributed by atoms with Gasteiger partial charge in [-0.2, -0.15) is 0 Å². The Morgan fingerprint density at radius 1 is 1.47 bits per heavy atom. The Kier molecular flexibility index (Phi) is 3.79. The van der Waals surface area contributed by atoms with Gasteiger partial charge in [-0.15, -0.1) is 0 Å². The molecule has 0 bridgehead atoms. The molecule has 92 valence electrons. The summed E-state index contributed by atoms with van der Waals surface area (Å²) in [6.45, 7) is 3.42. The van der Waals surface area contributed by atoms with Gasteiger partial charge in [0.2, 0.25) is 5.91 Å². The van der Waals surface area contributed by atoms with Gasteiger partial charge in [-0.25, -0.2) is 0 Å². The van der Waals surface area contributed by atoms with E-state index in [1.54, 1.807) is 0 Å². The summed E-state index contributed by atoms with van der Waals surface area (Å²) in [7, 11) is 1.82. The van der Waals surface area contributed by atoms with Crippen LogP contribution in [0.2, 0.25) is 0 Å². The van der Waals surface area contributed by atoms with Gasteiger partial charge in [0.15, 0.2) is 0 Å². The molecule has 17 heavy (non-hydrogen) atoms. The molecular weight excluding hydrogens is 212 g/mol. The van der Waals surface area contributed by atoms with Crippen LogP contribution in [0.1, 0.15) is 30.5 Å². The van der Waals surface area contributed by atoms with Crippen LogP contribution in [0.5, 0.6) is 0 Å². The number of benzene rings is 1. The maximum Gasteiger partial charge on any atom is 0.237 e. The van der Waals surface area contributed by atoms with Gasteiger partial charge in [0.25, 0.3) is 0 Å². The molecule has 1 atom stereocenters. The van der Waals surface area contributed by atoms with E-state index in [-0.39, 0.29) is 11.9 Å². The standard InChI is InChI=1S/C14H20N2O/c1-3-13-12-7-5-4-6-11(12)8-9-16(13)14(17)10-15-2/h4-7,13,15H,3,8-10H2,1-2H3. The summed E-state index contributed by atoms with van der Waals surface area (Å²) >= 11 is 0. The number of nitrogens with one attached hydrogen (secondary N) is 1. The van der Waals surface area contributed by atoms with Crippen molar-refractivity contribution in [3.8, 4) is 0 Å². The fourth-order valence-electron chi connectivity index (χ4n) is 2.64. The van der Waals surface area contributed by atoms with Crippen molar-refractivity contribution in [1.29, 1.82) is 0 Å². The topological polar surface area (TPSA) is 32.3 Å². The molecule has 1 aliphatic rings. The number of nitrogens with zero attached hydrogens (tertiary/aromatic N) is 1. The predicted octanol–water partition coefficient (Wildman–Crippen LogP) is 1.74. The van der Waals surface area contributed by atoms with Crippen molar-refractivity contribution in [2.24, 2.45) is 0 Å². The fraction of sp³-hybridized carbons (Fsp3) is 0.500. The van der Waals surface area contributed by atoms with Gasteiger partial charge in [0, 0.05) is 6.54 Å². The Balaban J connectivity index is 2.26. The van der Waals surface area contributed by atoms with Crippen LogP contribution in [0.3, 0.4) is 0 Å². The molecule has 0 aromatic heterocycles. The first-order chi connectivity index (χ1) is 8.27. The second-order valence-electron chi connectivity index (χ2n) is 4.49. The van der Waals surface area contributed by atoms with E-state index in [0.717, 1.165) is 19.4 Å². The van der Waals surface area contributed by atoms with Gasteiger partial charge < -0.3 is 10.2 Å². The minimum atomic E-state index is 0.203. The third-order valence-electron chi connectivity index (χ3n) is 3.45. The van der Waals surface area contributed by atoms with Crippen LogP contribution < -0.4 is 5.32 Å². The van der Waals surface area contributed by atoms with Gasteiger partial charge in [-0.3, -0.25) is 4.79 Å². The van der Waals surface area contributed by atoms with E-state index >= 15 is 0 Å². The largest absolute Gasteiger partial charge is 0.334 e. The van der Waals surface area contributed by atoms with E-state index in [0.29, 0.717) is 6.54 Å². The minimum absolute atomic E-state index is 0.203. The van der Waals surface area contributed by atoms with E-state index in [9.17, 15) is 4.79 Å². The molecule has 0 aliphatic carbocycles. The molecule has 2 rings (SSSR count). The molecule has 0 fully saturated rings. The summed E-state index contributed by atoms with van der Waals surface area (Å²) in [5.74, 6) is 0.203. The number of rotatable bonds is 3. The molecule has 1 heterocycles. The number of carbonyl (C=O) groups excluding carboxylic acids is 1. The SMILES string of the molecule is CCC1c2ccccc2CCN1C(=O)CNC. The van der Waals surface area contributed by atoms with Crippen molar-refractivity contribution in [1.82, 2.24) is 10.2 Å². The van der Waals surface area contributed by atoms with Gasteiger partial charge >= 0.3 is 0 Å². The Labute approximate surface area is 103 Å². The summed E-state index contributed by atoms with van der Waals surface area (Å²) in [6.07, 6.45) is 1.95. The van der Waals surface area contributed by atoms with Gasteiger partial charge in [0.05, 0.1) is 12.6 Å². The third-order valence-corrected chi connectivity index (χ3v) is 3.45. The van der Waals surface area contributed by atoms with Crippen molar-refractivity contribution in [3.05, 3.63) is 35.4 Å². The fourth-order valence-corrected chi connectivity index (χ4v) is 2.64. The first kappa shape index (κ1) is 12.1. The number of hydrogen-bond donors (Lipinski definition) is 1. The lowest BCUT2D eigenvalue weighted by atomic mass is 9.91. The second kappa shape index (κ2) is 5.32. The first-order valence-corrected chi connectivity index (χ1v) is 6.29. The molecule has 3 heteroatoms. The van der Waals surface area contributed by atoms with E-state index in [4.69, 9.17) is 0 Å². The molecule has 3 nitrogen and oxygen atoms in total. The number of amides is 1. The molecule has 1 amide bonds. The highest BCUT2D eigenvalue weighted by Gasteiger charge is 2.28. The Morgan fingerprint density at radius 2 is 2.24 bits per heavy atom. The highest BCUT2D eigenvalue weighted by atomic mass is 16.2. The number of carbonyl (C=O) groups is 1. The molecule has 0 radical (unpaired) electrons. The van der Waals surface area contributed by atoms with Gasteiger partial charge in [-0.1, -0.05) is 31.2 Å². The van der Waals surface area contributed by atoms with Crippen LogP contribution in [0.15, 0.2) is 24.3 Å². The zero-order valence-electron chi connectivity index (χ0n) is 10.6. The second-order valence-corrected chi connectivity index (χ2v) is 4.49. The highest BCUT2D eigenvalue weighted by molar-refractivity contribution is 5.79. The smallest absolute Gasteiger partial charge is 0.237 e. The zero-order valence-corrected chi connectivity index (χ0v) is 10.6. The normalized spacial score (nSPS) is 18.9. The lowest BCUT2D eigenvalue weighted by Gasteiger charge is -2.37. The van der Waals surface area contributed by atoms with E-state index in [2.05, 4.69) is 36.5 Å². The molecule has 1 unspecified atom stereocenters. The minimum Gasteiger partial charge on any atom is -0.334 e. The third kappa shape index (κ3) is 2.34. The van der Waals surface area contributed by atoms with Crippen LogP contribution in [-0.4, -0.2) is 30.9 Å². The Morgan fingerprint density at radius 3 is 2.94 bits per heavy atom. The summed E-state index contributed by atoms with van der Waals surface area (Å²) in [5, 5.41) is 2.94. The molecule has 1 aromatic rings. The van der Waals surface area contributed by atoms with E-state index in [1.807, 2.05) is 11.9 Å². The predicted molar refractivity (Wildman–Crippen MR) is 68.8 cm³/mol. The number of likely N-dealkylation sites (N-methyl/N-ethyl adjacent to an activating group) is 1. The van der Waals surface area contributed by atoms with Crippen molar-refractivity contribution >= 4 is 5.91 Å². The summed E-state index contributed by atoms with van der Waals surface area (Å²) < 4.78 is 0. The molecular formula is C14H20N2O. The van der Waals surface area contributed by atoms with Crippen LogP contribution in [-0.2, 0) is 11.2 Å². The summed E-state index contributed by atoms with van der Waals surface area (Å²) in [6, 6.07) is 8.73. The van der Waals surface area contributed by atoms with E-state index < -0.39 is 0 Å². The maximum absolute atomic E-state index is 12.0. The summed E-state index contributed by atoms with van der Waals surface area (Å²) in [4.78, 5) is 14.1. The lowest BCUT2D eigenvalue weighted by Crippen LogP contribution is -2.43. The van der Waals surface area contributed by atoms with Gasteiger partial charge in [0.1, 0.15) is 0 Å². The van der Waals surface area contributed by atoms with Crippen LogP contribution in [0.4, 0.5) is 0 Å². The molecule has 0 saturated carbocycles. The molecule has 1 N–H and O–H groups in total. The van der Waals surface area contributed by atoms with Crippen LogP contribution in [0.25, 0.3) is 0 Å². The van der Waals surface area contributed by atoms with Crippen molar-refractivity contribution in [2.45, 2.75) is 25.8 Å². The summed E-state index contributed by atoms with van der Waals surface area (Å²) in [5.41, 5.74) is 2.72. The zero-order chi connectivity index (χ0) is 12.3. The average Bonchev–Trinajstić information content (AvgIpc) is 2.37. The average molecular weight is 232 g/mol. The molecule has 1 aromatic carbocycles. The van der Waals surface area contributed by atoms with Crippen LogP contribution >= 0.6 is 0 Å². The van der Waals surface area contributed by atoms with Crippen molar-refractivity contribution < 1.29 is 4.79 Å². The van der Waals surface area contributed by atoms with Gasteiger partial charge in [-0.05, 0) is 31.0 Å². The monoisotopic (exact) mass is 232 g/mol. The first-order valence-electron chi connectivity index (χ1n) is 6.29. The maximum atomic E-state index is 12.0. The Hall–Kier alpha value is -1.35. The van der Waals surface area contributed by atoms with Crippen LogP contribution in [0, 0.1) is 0 Å². The molecule has 1 aliphatic heterocycles. The molecule has 0 spiro atoms. The van der Waals surface area contributed by atoms with E-state index in [1.165, 1.54) is 11.1 Å². The quantitative estimate of drug-likeness (QED) is 0.861. The molecule has 0 saturated heterocycles. The number of fused-ring (bicyclic) bond motifs is 1. The van der Waals surface area contributed by atoms with Crippen molar-refractivity contribution in [2.75, 3.05) is 20.1 Å². The lowest BCUT2D eigenvalue weighted by molar-refractivity contribution is -0.133. The highest BCUT2D eigenvalue weighted by Crippen LogP contribution is 2.31. The number of hydrogen-bond acceptors (Lipinski definition) is 2. The Bertz CT molecular complexity index is 403.